The summed E-state index contributed by atoms with van der Waals surface area (Å²) in [4.78, 5) is 125. The van der Waals surface area contributed by atoms with E-state index in [1.165, 1.54) is 0 Å². The van der Waals surface area contributed by atoms with Crippen LogP contribution in [0.3, 0.4) is 0 Å². The zero-order valence-electron chi connectivity index (χ0n) is 70.7. The van der Waals surface area contributed by atoms with Gasteiger partial charge in [0.15, 0.2) is 0 Å². The molecule has 0 aliphatic rings. The molecule has 30 nitrogen and oxygen atoms in total. The summed E-state index contributed by atoms with van der Waals surface area (Å²) < 4.78 is 85.6. The lowest BCUT2D eigenvalue weighted by Crippen LogP contribution is -2.52. The molecule has 0 saturated heterocycles. The van der Waals surface area contributed by atoms with E-state index in [0.29, 0.717) is 50.8 Å². The lowest BCUT2D eigenvalue weighted by molar-refractivity contribution is -0.190. The number of aliphatic hydroxyl groups excluding tert-OH is 4. The lowest BCUT2D eigenvalue weighted by Gasteiger charge is -2.39. The van der Waals surface area contributed by atoms with Gasteiger partial charge in [0.25, 0.3) is 0 Å². The van der Waals surface area contributed by atoms with Crippen molar-refractivity contribution in [1.29, 1.82) is 0 Å². The van der Waals surface area contributed by atoms with Crippen LogP contribution >= 0.6 is 0 Å². The standard InChI is InChI=1S/C35H42O9.C30H34O8.C14H24O7.C9H16O6/c1-8-41-31(37)34(32(38)42-9-2,23-43-30(36)33(3,4)5)24-44-35(25-13-11-10-12-14-25,26-15-19-28(39-6)20-16-26)27-17-21-29(40-7)22-18-27;1-5-36-27(32)29(20-31,28(33)37-6-2)21-38-30(22-10-8-7-9-11-22,23-12-16-25(34-3)17-13-23)24-14-18-26(35-4)19-15-24;1-6-19-11(17)14(8-15,12(18)20-7-2)9-21-10(16)13(3,4)5;1-3-14-7(12)9(5-10,6-11)8(13)15-4-2/h10-22H,8-9,23-24H2,1-7H3;7-19,31H,5-6,20-21H2,1-4H3;15H,6-9H2,1-5H3;10-11H,3-6H2,1-2H3. The van der Waals surface area contributed by atoms with Gasteiger partial charge in [-0.1, -0.05) is 109 Å². The highest BCUT2D eigenvalue weighted by Gasteiger charge is 2.56. The zero-order chi connectivity index (χ0) is 88.6. The maximum Gasteiger partial charge on any atom is 0.329 e. The van der Waals surface area contributed by atoms with Gasteiger partial charge in [-0.3, -0.25) is 47.9 Å². The van der Waals surface area contributed by atoms with Crippen molar-refractivity contribution >= 4 is 59.7 Å². The number of benzene rings is 6. The molecule has 6 aromatic rings. The first-order chi connectivity index (χ1) is 56.1. The van der Waals surface area contributed by atoms with Crippen LogP contribution in [0.25, 0.3) is 0 Å². The van der Waals surface area contributed by atoms with Crippen LogP contribution < -0.4 is 18.9 Å². The van der Waals surface area contributed by atoms with Crippen LogP contribution in [0.4, 0.5) is 0 Å². The van der Waals surface area contributed by atoms with Crippen molar-refractivity contribution < 1.29 is 144 Å². The predicted molar refractivity (Wildman–Crippen MR) is 428 cm³/mol. The van der Waals surface area contributed by atoms with Gasteiger partial charge >= 0.3 is 59.7 Å². The second-order valence-electron chi connectivity index (χ2n) is 28.0. The van der Waals surface area contributed by atoms with E-state index in [1.54, 1.807) is 174 Å². The molecule has 118 heavy (non-hydrogen) atoms. The first-order valence-corrected chi connectivity index (χ1v) is 38.3. The van der Waals surface area contributed by atoms with Crippen molar-refractivity contribution in [3.05, 3.63) is 191 Å². The molecule has 0 atom stereocenters. The number of carbonyl (C=O) groups is 10. The molecule has 0 unspecified atom stereocenters. The normalized spacial score (nSPS) is 11.6. The van der Waals surface area contributed by atoms with Gasteiger partial charge in [-0.2, -0.15) is 0 Å². The third-order valence-electron chi connectivity index (χ3n) is 18.0. The van der Waals surface area contributed by atoms with Crippen molar-refractivity contribution in [3.63, 3.8) is 0 Å². The zero-order valence-corrected chi connectivity index (χ0v) is 70.7. The molecule has 0 fully saturated rings. The summed E-state index contributed by atoms with van der Waals surface area (Å²) in [6.07, 6.45) is 0. The second kappa shape index (κ2) is 48.6. The molecule has 648 valence electrons. The van der Waals surface area contributed by atoms with E-state index in [4.69, 9.17) is 76.5 Å². The van der Waals surface area contributed by atoms with Gasteiger partial charge in [-0.15, -0.1) is 0 Å². The summed E-state index contributed by atoms with van der Waals surface area (Å²) in [5.74, 6) is -6.26. The van der Waals surface area contributed by atoms with Crippen molar-refractivity contribution in [2.45, 2.75) is 108 Å². The number of hydrogen-bond donors (Lipinski definition) is 4. The molecule has 30 heteroatoms. The largest absolute Gasteiger partial charge is 0.497 e. The third kappa shape index (κ3) is 25.5. The van der Waals surface area contributed by atoms with Gasteiger partial charge in [0.1, 0.15) is 47.4 Å². The Kier molecular flexibility index (Phi) is 41.7. The number of carbonyl (C=O) groups excluding carboxylic acids is 10. The van der Waals surface area contributed by atoms with Gasteiger partial charge in [0, 0.05) is 0 Å². The maximum absolute atomic E-state index is 13.7. The molecule has 0 saturated carbocycles. The molecule has 0 spiro atoms. The Bertz CT molecular complexity index is 3920. The first kappa shape index (κ1) is 101. The molecular formula is C88H116O30. The van der Waals surface area contributed by atoms with Gasteiger partial charge < -0.3 is 96.2 Å². The molecule has 0 aliphatic carbocycles. The molecule has 0 heterocycles. The highest BCUT2D eigenvalue weighted by Crippen LogP contribution is 2.46. The molecular weight excluding hydrogens is 1540 g/mol. The molecule has 0 radical (unpaired) electrons. The minimum Gasteiger partial charge on any atom is -0.497 e. The van der Waals surface area contributed by atoms with Gasteiger partial charge in [-0.25, -0.2) is 0 Å². The first-order valence-electron chi connectivity index (χ1n) is 38.3. The van der Waals surface area contributed by atoms with E-state index in [9.17, 15) is 58.2 Å². The van der Waals surface area contributed by atoms with Crippen LogP contribution in [-0.2, 0) is 116 Å². The predicted octanol–water partition coefficient (Wildman–Crippen LogP) is 9.60. The van der Waals surface area contributed by atoms with Crippen LogP contribution in [-0.4, -0.2) is 214 Å². The number of ether oxygens (including phenoxy) is 16. The average Bonchev–Trinajstić information content (AvgIpc) is 0.749. The van der Waals surface area contributed by atoms with Crippen molar-refractivity contribution in [2.24, 2.45) is 32.5 Å². The summed E-state index contributed by atoms with van der Waals surface area (Å²) in [5.41, 5.74) is -8.43. The van der Waals surface area contributed by atoms with E-state index in [2.05, 4.69) is 9.47 Å². The fourth-order valence-corrected chi connectivity index (χ4v) is 11.1. The maximum atomic E-state index is 13.7. The average molecular weight is 1650 g/mol. The summed E-state index contributed by atoms with van der Waals surface area (Å²) in [6, 6.07) is 48.0. The Balaban J connectivity index is 0.000000439. The highest BCUT2D eigenvalue weighted by molar-refractivity contribution is 6.03. The van der Waals surface area contributed by atoms with Crippen molar-refractivity contribution in [2.75, 3.05) is 134 Å². The topological polar surface area (TPSA) is 399 Å². The van der Waals surface area contributed by atoms with Gasteiger partial charge in [-0.05, 0) is 179 Å². The van der Waals surface area contributed by atoms with E-state index >= 15 is 0 Å². The van der Waals surface area contributed by atoms with Crippen molar-refractivity contribution in [1.82, 2.24) is 0 Å². The number of hydrogen-bond acceptors (Lipinski definition) is 30. The molecule has 6 aromatic carbocycles. The summed E-state index contributed by atoms with van der Waals surface area (Å²) in [7, 11) is 6.30. The highest BCUT2D eigenvalue weighted by atomic mass is 16.6. The molecule has 0 bridgehead atoms. The van der Waals surface area contributed by atoms with Crippen LogP contribution in [0.15, 0.2) is 158 Å². The molecule has 0 aromatic heterocycles. The van der Waals surface area contributed by atoms with Crippen molar-refractivity contribution in [3.8, 4) is 23.0 Å². The molecule has 0 amide bonds. The third-order valence-corrected chi connectivity index (χ3v) is 18.0. The number of methoxy groups -OCH3 is 4. The summed E-state index contributed by atoms with van der Waals surface area (Å²) in [5, 5.41) is 37.9. The van der Waals surface area contributed by atoms with Crippen LogP contribution in [0.5, 0.6) is 23.0 Å². The lowest BCUT2D eigenvalue weighted by atomic mass is 9.79. The number of esters is 10. The van der Waals surface area contributed by atoms with E-state index < -0.39 is 156 Å². The molecule has 0 aliphatic heterocycles. The summed E-state index contributed by atoms with van der Waals surface area (Å²) in [6.45, 7) is 17.0. The number of rotatable bonds is 40. The quantitative estimate of drug-likeness (QED) is 0.0120. The number of aliphatic hydroxyl groups is 4. The van der Waals surface area contributed by atoms with Gasteiger partial charge in [0.05, 0.1) is 132 Å². The van der Waals surface area contributed by atoms with Gasteiger partial charge in [0.2, 0.25) is 21.7 Å². The fraction of sp³-hybridized carbons (Fsp3) is 0.477. The molecule has 4 N–H and O–H groups in total. The van der Waals surface area contributed by atoms with Crippen LogP contribution in [0, 0.1) is 32.5 Å². The Hall–Kier alpha value is -11.0. The van der Waals surface area contributed by atoms with Crippen LogP contribution in [0.2, 0.25) is 0 Å². The summed E-state index contributed by atoms with van der Waals surface area (Å²) >= 11 is 0. The smallest absolute Gasteiger partial charge is 0.329 e. The Labute approximate surface area is 689 Å². The monoisotopic (exact) mass is 1650 g/mol. The van der Waals surface area contributed by atoms with E-state index in [1.807, 2.05) is 109 Å². The Morgan fingerprint density at radius 3 is 0.627 bits per heavy atom. The minimum atomic E-state index is -2.13. The molecule has 6 rings (SSSR count). The Morgan fingerprint density at radius 2 is 0.424 bits per heavy atom. The SMILES string of the molecule is CCOC(=O)C(CO)(CO)C(=O)OCC.CCOC(=O)C(CO)(COC(=O)C(C)(C)C)C(=O)OCC.CCOC(=O)C(CO)(COC(c1ccccc1)(c1ccc(OC)cc1)c1ccc(OC)cc1)C(=O)OCC.CCOC(=O)C(COC(=O)C(C)(C)C)(COC(c1ccccc1)(c1ccc(OC)cc1)c1ccc(OC)cc1)C(=O)OCC. The minimum absolute atomic E-state index is 0.0147. The van der Waals surface area contributed by atoms with E-state index in [0.717, 1.165) is 5.56 Å². The van der Waals surface area contributed by atoms with E-state index in [-0.39, 0.29) is 52.9 Å². The Morgan fingerprint density at radius 1 is 0.237 bits per heavy atom. The second-order valence-corrected chi connectivity index (χ2v) is 28.0. The fourth-order valence-electron chi connectivity index (χ4n) is 11.1. The van der Waals surface area contributed by atoms with Crippen LogP contribution in [0.1, 0.15) is 130 Å².